The molecule has 10 heteroatoms. The molecule has 1 heterocycles. The Morgan fingerprint density at radius 1 is 1.23 bits per heavy atom. The maximum Gasteiger partial charge on any atom is 0.573 e. The zero-order chi connectivity index (χ0) is 23.0. The Labute approximate surface area is 190 Å². The molecule has 3 rings (SSSR count). The number of ether oxygens (including phenoxy) is 2. The lowest BCUT2D eigenvalue weighted by atomic mass is 10.1. The Kier molecular flexibility index (Phi) is 6.51. The van der Waals surface area contributed by atoms with Gasteiger partial charge in [0.25, 0.3) is 0 Å². The number of nitrogens with zero attached hydrogens (tertiary/aromatic N) is 1. The lowest BCUT2D eigenvalue weighted by molar-refractivity contribution is -0.706. The topological polar surface area (TPSA) is 51.3 Å². The largest absolute Gasteiger partial charge is 0.573 e. The van der Waals surface area contributed by atoms with Crippen LogP contribution in [0.4, 0.5) is 17.6 Å². The number of H-pyrrole nitrogens is 1. The third-order valence-corrected chi connectivity index (χ3v) is 5.05. The molecule has 0 radical (unpaired) electrons. The van der Waals surface area contributed by atoms with Crippen molar-refractivity contribution < 1.29 is 34.5 Å². The second-order valence-electron chi connectivity index (χ2n) is 7.54. The number of benzene rings is 2. The number of esters is 1. The van der Waals surface area contributed by atoms with Crippen LogP contribution in [0.1, 0.15) is 21.5 Å². The second kappa shape index (κ2) is 8.65. The minimum Gasteiger partial charge on any atom is -0.422 e. The molecule has 0 aliphatic carbocycles. The number of carbonyl (C=O) groups is 1. The van der Waals surface area contributed by atoms with Crippen LogP contribution in [0.3, 0.4) is 0 Å². The SMILES string of the molecule is Cc1cc(OC(F)(F)F)cc(F)c1C(=O)Oc1cccc2[nH]cc(CC[N+](C)(C)I)c12. The van der Waals surface area contributed by atoms with Crippen LogP contribution in [-0.4, -0.2) is 40.7 Å². The molecule has 1 aromatic heterocycles. The zero-order valence-corrected chi connectivity index (χ0v) is 19.1. The number of hydrogen-bond donors (Lipinski definition) is 1. The molecular formula is C21H20F4IN2O3+. The first kappa shape index (κ1) is 23.3. The maximum atomic E-state index is 14.5. The Morgan fingerprint density at radius 3 is 2.55 bits per heavy atom. The number of aromatic nitrogens is 1. The molecule has 166 valence electrons. The molecule has 0 unspecified atom stereocenters. The van der Waals surface area contributed by atoms with E-state index >= 15 is 0 Å². The average Bonchev–Trinajstić information content (AvgIpc) is 3.01. The van der Waals surface area contributed by atoms with Gasteiger partial charge in [-0.1, -0.05) is 6.07 Å². The van der Waals surface area contributed by atoms with Gasteiger partial charge in [-0.3, -0.25) is 2.70 Å². The molecule has 0 amide bonds. The van der Waals surface area contributed by atoms with Crippen LogP contribution in [-0.2, 0) is 6.42 Å². The minimum absolute atomic E-state index is 0.0327. The number of halogens is 5. The summed E-state index contributed by atoms with van der Waals surface area (Å²) in [6.07, 6.45) is -2.42. The third-order valence-electron chi connectivity index (χ3n) is 4.56. The Bertz CT molecular complexity index is 1100. The molecule has 5 nitrogen and oxygen atoms in total. The van der Waals surface area contributed by atoms with E-state index in [0.29, 0.717) is 20.6 Å². The van der Waals surface area contributed by atoms with Gasteiger partial charge in [0.1, 0.15) is 17.3 Å². The lowest BCUT2D eigenvalue weighted by Crippen LogP contribution is -2.29. The smallest absolute Gasteiger partial charge is 0.422 e. The number of rotatable bonds is 6. The highest BCUT2D eigenvalue weighted by atomic mass is 127. The number of quaternary nitrogens is 1. The van der Waals surface area contributed by atoms with E-state index in [9.17, 15) is 22.4 Å². The van der Waals surface area contributed by atoms with Gasteiger partial charge >= 0.3 is 12.3 Å². The fourth-order valence-corrected chi connectivity index (χ4v) is 3.44. The molecule has 3 aromatic rings. The highest BCUT2D eigenvalue weighted by molar-refractivity contribution is 14.1. The van der Waals surface area contributed by atoms with Crippen molar-refractivity contribution in [1.29, 1.82) is 0 Å². The molecular weight excluding hydrogens is 531 g/mol. The van der Waals surface area contributed by atoms with Gasteiger partial charge in [-0.05, 0) is 36.2 Å². The van der Waals surface area contributed by atoms with Crippen molar-refractivity contribution in [3.8, 4) is 11.5 Å². The predicted octanol–water partition coefficient (Wildman–Crippen LogP) is 5.70. The van der Waals surface area contributed by atoms with Crippen LogP contribution in [0.25, 0.3) is 10.9 Å². The van der Waals surface area contributed by atoms with Gasteiger partial charge < -0.3 is 14.5 Å². The summed E-state index contributed by atoms with van der Waals surface area (Å²) in [7, 11) is 4.10. The normalized spacial score (nSPS) is 12.3. The van der Waals surface area contributed by atoms with E-state index in [2.05, 4.69) is 32.6 Å². The van der Waals surface area contributed by atoms with E-state index < -0.39 is 29.5 Å². The third kappa shape index (κ3) is 5.88. The van der Waals surface area contributed by atoms with E-state index in [0.717, 1.165) is 23.7 Å². The minimum atomic E-state index is -4.97. The van der Waals surface area contributed by atoms with Crippen LogP contribution in [0.15, 0.2) is 36.5 Å². The summed E-state index contributed by atoms with van der Waals surface area (Å²) in [6.45, 7) is 2.13. The van der Waals surface area contributed by atoms with Gasteiger partial charge in [0, 0.05) is 29.6 Å². The Hall–Kier alpha value is -2.34. The van der Waals surface area contributed by atoms with Crippen LogP contribution in [0, 0.1) is 12.7 Å². The molecule has 2 aromatic carbocycles. The molecule has 0 spiro atoms. The average molecular weight is 551 g/mol. The van der Waals surface area contributed by atoms with E-state index in [1.54, 1.807) is 12.1 Å². The van der Waals surface area contributed by atoms with E-state index in [-0.39, 0.29) is 11.3 Å². The first-order valence-electron chi connectivity index (χ1n) is 9.24. The molecule has 0 bridgehead atoms. The summed E-state index contributed by atoms with van der Waals surface area (Å²) in [5, 5.41) is 0.704. The molecule has 0 saturated heterocycles. The van der Waals surface area contributed by atoms with Gasteiger partial charge in [0.05, 0.1) is 26.2 Å². The zero-order valence-electron chi connectivity index (χ0n) is 16.9. The van der Waals surface area contributed by atoms with Gasteiger partial charge in [0.15, 0.2) is 0 Å². The number of likely N-dealkylation sites (N-methyl/N-ethyl adjacent to an activating group) is 1. The van der Waals surface area contributed by atoms with Crippen molar-refractivity contribution in [3.63, 3.8) is 0 Å². The molecule has 1 N–H and O–H groups in total. The number of aromatic amines is 1. The van der Waals surface area contributed by atoms with Crippen LogP contribution in [0.2, 0.25) is 0 Å². The number of nitrogens with one attached hydrogen (secondary N) is 1. The summed E-state index contributed by atoms with van der Waals surface area (Å²) in [6, 6.07) is 6.56. The first-order valence-corrected chi connectivity index (χ1v) is 10.2. The van der Waals surface area contributed by atoms with E-state index in [4.69, 9.17) is 4.74 Å². The van der Waals surface area contributed by atoms with Gasteiger partial charge in [-0.2, -0.15) is 0 Å². The number of fused-ring (bicyclic) bond motifs is 1. The highest BCUT2D eigenvalue weighted by Crippen LogP contribution is 2.32. The van der Waals surface area contributed by atoms with Crippen molar-refractivity contribution in [2.45, 2.75) is 19.7 Å². The van der Waals surface area contributed by atoms with Gasteiger partial charge in [-0.25, -0.2) is 9.18 Å². The van der Waals surface area contributed by atoms with E-state index in [1.165, 1.54) is 6.92 Å². The number of carbonyl (C=O) groups excluding carboxylic acids is 1. The summed E-state index contributed by atoms with van der Waals surface area (Å²) in [5.74, 6) is -2.66. The summed E-state index contributed by atoms with van der Waals surface area (Å²) in [4.78, 5) is 15.8. The maximum absolute atomic E-state index is 14.5. The van der Waals surface area contributed by atoms with Crippen molar-refractivity contribution >= 4 is 39.7 Å². The Balaban J connectivity index is 1.91. The first-order chi connectivity index (χ1) is 14.3. The summed E-state index contributed by atoms with van der Waals surface area (Å²) < 4.78 is 61.6. The molecule has 0 fully saturated rings. The van der Waals surface area contributed by atoms with Crippen molar-refractivity contribution in [2.75, 3.05) is 20.6 Å². The van der Waals surface area contributed by atoms with Crippen molar-refractivity contribution in [2.24, 2.45) is 0 Å². The monoisotopic (exact) mass is 551 g/mol. The highest BCUT2D eigenvalue weighted by Gasteiger charge is 2.32. The quantitative estimate of drug-likeness (QED) is 0.141. The molecule has 0 aliphatic rings. The predicted molar refractivity (Wildman–Crippen MR) is 116 cm³/mol. The summed E-state index contributed by atoms with van der Waals surface area (Å²) in [5.41, 5.74) is 1.21. The Morgan fingerprint density at radius 2 is 1.94 bits per heavy atom. The number of aryl methyl sites for hydroxylation is 1. The van der Waals surface area contributed by atoms with Crippen molar-refractivity contribution in [1.82, 2.24) is 4.98 Å². The van der Waals surface area contributed by atoms with Gasteiger partial charge in [0.2, 0.25) is 22.9 Å². The number of hydrogen-bond acceptors (Lipinski definition) is 3. The standard InChI is InChI=1S/C21H20F4IN2O3/c1-12-9-14(31-21(23,24)25)10-15(22)18(12)20(29)30-17-6-4-5-16-19(17)13(11-27-16)7-8-28(2,3)26/h4-6,9-11,27H,7-8H2,1-3H3/q+1. The molecule has 0 atom stereocenters. The fourth-order valence-electron chi connectivity index (χ4n) is 3.20. The molecule has 31 heavy (non-hydrogen) atoms. The van der Waals surface area contributed by atoms with Crippen LogP contribution in [0.5, 0.6) is 11.5 Å². The van der Waals surface area contributed by atoms with Gasteiger partial charge in [-0.15, -0.1) is 13.2 Å². The van der Waals surface area contributed by atoms with E-state index in [1.807, 2.05) is 26.4 Å². The van der Waals surface area contributed by atoms with Crippen LogP contribution < -0.4 is 9.47 Å². The number of alkyl halides is 3. The molecule has 0 saturated carbocycles. The van der Waals surface area contributed by atoms with Crippen molar-refractivity contribution in [3.05, 3.63) is 59.0 Å². The fraction of sp³-hybridized carbons (Fsp3) is 0.286. The lowest BCUT2D eigenvalue weighted by Gasteiger charge is -2.19. The second-order valence-corrected chi connectivity index (χ2v) is 10.1. The molecule has 0 aliphatic heterocycles. The van der Waals surface area contributed by atoms with Crippen LogP contribution >= 0.6 is 22.9 Å². The summed E-state index contributed by atoms with van der Waals surface area (Å²) >= 11 is 2.30.